The fourth-order valence-corrected chi connectivity index (χ4v) is 6.34. The summed E-state index contributed by atoms with van der Waals surface area (Å²) in [5.41, 5.74) is 5.73. The van der Waals surface area contributed by atoms with Gasteiger partial charge in [-0.25, -0.2) is 4.52 Å². The molecule has 0 bridgehead atoms. The lowest BCUT2D eigenvalue weighted by Crippen LogP contribution is -2.31. The Morgan fingerprint density at radius 1 is 1.24 bits per heavy atom. The van der Waals surface area contributed by atoms with Crippen LogP contribution in [-0.4, -0.2) is 32.5 Å². The predicted octanol–water partition coefficient (Wildman–Crippen LogP) is 5.81. The van der Waals surface area contributed by atoms with Gasteiger partial charge in [-0.05, 0) is 56.5 Å². The van der Waals surface area contributed by atoms with E-state index in [0.29, 0.717) is 11.6 Å². The molecule has 168 valence electrons. The smallest absolute Gasteiger partial charge is 0.103 e. The van der Waals surface area contributed by atoms with Crippen molar-refractivity contribution in [3.8, 4) is 17.2 Å². The number of nitrogens with one attached hydrogen (secondary N) is 1. The third-order valence-electron chi connectivity index (χ3n) is 6.26. The number of pyridine rings is 1. The number of hydrogen-bond acceptors (Lipinski definition) is 5. The van der Waals surface area contributed by atoms with Gasteiger partial charge in [0.05, 0.1) is 29.5 Å². The summed E-state index contributed by atoms with van der Waals surface area (Å²) in [5.74, 6) is 0. The summed E-state index contributed by atoms with van der Waals surface area (Å²) < 4.78 is 3.87. The summed E-state index contributed by atoms with van der Waals surface area (Å²) in [6.07, 6.45) is 9.94. The number of piperidine rings is 1. The van der Waals surface area contributed by atoms with E-state index in [1.807, 2.05) is 29.0 Å². The zero-order chi connectivity index (χ0) is 22.9. The third kappa shape index (κ3) is 4.26. The second-order valence-electron chi connectivity index (χ2n) is 8.50. The third-order valence-corrected chi connectivity index (χ3v) is 7.74. The lowest BCUT2D eigenvalue weighted by molar-refractivity contribution is 0.347. The molecule has 1 aliphatic heterocycles. The van der Waals surface area contributed by atoms with Gasteiger partial charge >= 0.3 is 0 Å². The van der Waals surface area contributed by atoms with Crippen molar-refractivity contribution in [2.75, 3.05) is 13.1 Å². The Morgan fingerprint density at radius 3 is 2.88 bits per heavy atom. The lowest BCUT2D eigenvalue weighted by Gasteiger charge is -2.22. The zero-order valence-corrected chi connectivity index (χ0v) is 20.2. The van der Waals surface area contributed by atoms with Crippen molar-refractivity contribution in [3.63, 3.8) is 0 Å². The average molecular weight is 477 g/mol. The van der Waals surface area contributed by atoms with Crippen LogP contribution in [0.25, 0.3) is 16.6 Å². The van der Waals surface area contributed by atoms with Crippen molar-refractivity contribution in [1.82, 2.24) is 24.7 Å². The maximum Gasteiger partial charge on any atom is 0.103 e. The largest absolute Gasteiger partial charge is 0.315 e. The van der Waals surface area contributed by atoms with Gasteiger partial charge in [0.15, 0.2) is 0 Å². The van der Waals surface area contributed by atoms with Crippen molar-refractivity contribution in [3.05, 3.63) is 70.8 Å². The second kappa shape index (κ2) is 9.22. The number of nitriles is 1. The molecule has 4 aromatic rings. The normalized spacial score (nSPS) is 17.2. The van der Waals surface area contributed by atoms with Crippen LogP contribution in [0.5, 0.6) is 0 Å². The van der Waals surface area contributed by atoms with Gasteiger partial charge in [0.2, 0.25) is 0 Å². The van der Waals surface area contributed by atoms with Crippen molar-refractivity contribution in [1.29, 1.82) is 5.26 Å². The molecule has 4 heterocycles. The molecular formula is C25H25ClN6S. The van der Waals surface area contributed by atoms with E-state index in [9.17, 15) is 5.26 Å². The molecule has 3 aromatic heterocycles. The average Bonchev–Trinajstić information content (AvgIpc) is 3.47. The number of hydrogen-bond donors (Lipinski definition) is 1. The highest BCUT2D eigenvalue weighted by Gasteiger charge is 2.20. The minimum Gasteiger partial charge on any atom is -0.315 e. The van der Waals surface area contributed by atoms with E-state index in [0.717, 1.165) is 63.6 Å². The molecule has 1 saturated heterocycles. The maximum atomic E-state index is 9.67. The van der Waals surface area contributed by atoms with Gasteiger partial charge < -0.3 is 5.32 Å². The molecule has 0 aliphatic carbocycles. The molecule has 2 atom stereocenters. The standard InChI is InChI=1S/C25H25ClN6S/c1-16-5-3-7-22(26)24(16)17(2)33-23-9-18(14-32-25(23)19(10-27)11-30-32)20-12-29-31(15-20)21-6-4-8-28-13-21/h3,5,7,9,11-12,14-15,17,21,28H,4,6,8,13H2,1-2H3/t17-,21+/m1/s1. The first kappa shape index (κ1) is 22.0. The topological polar surface area (TPSA) is 70.9 Å². The Hall–Kier alpha value is -2.79. The molecule has 8 heteroatoms. The highest BCUT2D eigenvalue weighted by Crippen LogP contribution is 2.42. The first-order valence-corrected chi connectivity index (χ1v) is 12.4. The minimum atomic E-state index is 0.107. The Balaban J connectivity index is 1.55. The molecule has 0 unspecified atom stereocenters. The monoisotopic (exact) mass is 476 g/mol. The molecule has 33 heavy (non-hydrogen) atoms. The molecule has 1 N–H and O–H groups in total. The Labute approximate surface area is 202 Å². The minimum absolute atomic E-state index is 0.107. The van der Waals surface area contributed by atoms with Crippen LogP contribution < -0.4 is 5.32 Å². The summed E-state index contributed by atoms with van der Waals surface area (Å²) in [4.78, 5) is 1.00. The Bertz CT molecular complexity index is 1320. The van der Waals surface area contributed by atoms with Crippen LogP contribution in [0, 0.1) is 18.3 Å². The van der Waals surface area contributed by atoms with Crippen LogP contribution in [0.15, 0.2) is 53.9 Å². The molecule has 1 aromatic carbocycles. The number of nitrogens with zero attached hydrogens (tertiary/aromatic N) is 5. The second-order valence-corrected chi connectivity index (χ2v) is 10.3. The van der Waals surface area contributed by atoms with E-state index in [1.54, 1.807) is 18.0 Å². The number of fused-ring (bicyclic) bond motifs is 1. The molecule has 0 radical (unpaired) electrons. The Morgan fingerprint density at radius 2 is 2.12 bits per heavy atom. The summed E-state index contributed by atoms with van der Waals surface area (Å²) in [7, 11) is 0. The maximum absolute atomic E-state index is 9.67. The fraction of sp³-hybridized carbons (Fsp3) is 0.320. The number of thioether (sulfide) groups is 1. The molecule has 0 amide bonds. The van der Waals surface area contributed by atoms with Crippen molar-refractivity contribution >= 4 is 28.9 Å². The van der Waals surface area contributed by atoms with Crippen LogP contribution in [0.4, 0.5) is 0 Å². The summed E-state index contributed by atoms with van der Waals surface area (Å²) in [6, 6.07) is 10.8. The van der Waals surface area contributed by atoms with Crippen LogP contribution in [0.1, 0.15) is 47.7 Å². The van der Waals surface area contributed by atoms with Crippen molar-refractivity contribution in [2.24, 2.45) is 0 Å². The summed E-state index contributed by atoms with van der Waals surface area (Å²) in [6.45, 7) is 6.25. The Kier molecular flexibility index (Phi) is 6.15. The van der Waals surface area contributed by atoms with Gasteiger partial charge in [-0.3, -0.25) is 4.68 Å². The van der Waals surface area contributed by atoms with Gasteiger partial charge in [-0.2, -0.15) is 15.5 Å². The van der Waals surface area contributed by atoms with Crippen LogP contribution >= 0.6 is 23.4 Å². The number of aromatic nitrogens is 4. The number of aryl methyl sites for hydroxylation is 1. The lowest BCUT2D eigenvalue weighted by atomic mass is 10.1. The number of benzene rings is 1. The van der Waals surface area contributed by atoms with E-state index in [4.69, 9.17) is 11.6 Å². The van der Waals surface area contributed by atoms with E-state index in [1.165, 1.54) is 0 Å². The van der Waals surface area contributed by atoms with E-state index >= 15 is 0 Å². The quantitative estimate of drug-likeness (QED) is 0.368. The van der Waals surface area contributed by atoms with E-state index in [-0.39, 0.29) is 5.25 Å². The highest BCUT2D eigenvalue weighted by atomic mass is 35.5. The SMILES string of the molecule is Cc1cccc(Cl)c1[C@@H](C)Sc1cc(-c2cnn([C@H]3CCCNC3)c2)cn2ncc(C#N)c12. The highest BCUT2D eigenvalue weighted by molar-refractivity contribution is 7.99. The van der Waals surface area contributed by atoms with Gasteiger partial charge in [0.1, 0.15) is 6.07 Å². The fourth-order valence-electron chi connectivity index (χ4n) is 4.57. The number of halogens is 1. The molecular weight excluding hydrogens is 452 g/mol. The van der Waals surface area contributed by atoms with E-state index in [2.05, 4.69) is 58.4 Å². The van der Waals surface area contributed by atoms with Gasteiger partial charge in [0, 0.05) is 45.2 Å². The zero-order valence-electron chi connectivity index (χ0n) is 18.6. The van der Waals surface area contributed by atoms with Gasteiger partial charge in [0.25, 0.3) is 0 Å². The van der Waals surface area contributed by atoms with Gasteiger partial charge in [-0.15, -0.1) is 11.8 Å². The molecule has 0 spiro atoms. The van der Waals surface area contributed by atoms with Crippen molar-refractivity contribution in [2.45, 2.75) is 42.9 Å². The molecule has 1 fully saturated rings. The molecule has 1 aliphatic rings. The molecule has 6 nitrogen and oxygen atoms in total. The van der Waals surface area contributed by atoms with Crippen LogP contribution in [0.3, 0.4) is 0 Å². The molecule has 5 rings (SSSR count). The predicted molar refractivity (Wildman–Crippen MR) is 133 cm³/mol. The summed E-state index contributed by atoms with van der Waals surface area (Å²) >= 11 is 8.25. The van der Waals surface area contributed by atoms with Crippen LogP contribution in [-0.2, 0) is 0 Å². The van der Waals surface area contributed by atoms with E-state index < -0.39 is 0 Å². The summed E-state index contributed by atoms with van der Waals surface area (Å²) in [5, 5.41) is 23.1. The molecule has 0 saturated carbocycles. The number of rotatable bonds is 5. The first-order chi connectivity index (χ1) is 16.0. The first-order valence-electron chi connectivity index (χ1n) is 11.1. The van der Waals surface area contributed by atoms with Crippen LogP contribution in [0.2, 0.25) is 5.02 Å². The van der Waals surface area contributed by atoms with Crippen molar-refractivity contribution < 1.29 is 0 Å². The van der Waals surface area contributed by atoms with Gasteiger partial charge in [-0.1, -0.05) is 23.7 Å².